The zero-order chi connectivity index (χ0) is 31.9. The van der Waals surface area contributed by atoms with Crippen molar-refractivity contribution in [3.05, 3.63) is 41.5 Å². The SMILES string of the molecule is C[C@@]12CC[C@@H]3[C@](C)(CC[C@H](OC(=O)c4ccc(O)cc4)[C@]3(C)C(=O)O)[C@H]1CC[C@@H]1C(=CC[C@@H]3[C@]1(C)CC[C@@H](O)[C@]3(C)CO)C2. The summed E-state index contributed by atoms with van der Waals surface area (Å²) in [6.07, 6.45) is 9.94. The fourth-order valence-corrected chi connectivity index (χ4v) is 11.9. The fraction of sp³-hybridized carbons (Fsp3) is 0.730. The number of ether oxygens (including phenoxy) is 1. The van der Waals surface area contributed by atoms with Gasteiger partial charge >= 0.3 is 11.9 Å². The van der Waals surface area contributed by atoms with Gasteiger partial charge in [0.2, 0.25) is 0 Å². The molecule has 0 saturated heterocycles. The summed E-state index contributed by atoms with van der Waals surface area (Å²) in [4.78, 5) is 26.3. The highest BCUT2D eigenvalue weighted by atomic mass is 16.5. The summed E-state index contributed by atoms with van der Waals surface area (Å²) in [6, 6.07) is 5.90. The Labute approximate surface area is 262 Å². The lowest BCUT2D eigenvalue weighted by Crippen LogP contribution is -2.62. The van der Waals surface area contributed by atoms with E-state index in [4.69, 9.17) is 4.74 Å². The number of aliphatic hydroxyl groups is 2. The van der Waals surface area contributed by atoms with Crippen LogP contribution in [0.2, 0.25) is 0 Å². The Bertz CT molecular complexity index is 1340. The van der Waals surface area contributed by atoms with Crippen LogP contribution in [0.25, 0.3) is 0 Å². The number of phenolic OH excluding ortho intramolecular Hbond substituents is 1. The summed E-state index contributed by atoms with van der Waals surface area (Å²) >= 11 is 0. The summed E-state index contributed by atoms with van der Waals surface area (Å²) in [6.45, 7) is 11.0. The first-order chi connectivity index (χ1) is 20.6. The van der Waals surface area contributed by atoms with Gasteiger partial charge in [-0.15, -0.1) is 0 Å². The van der Waals surface area contributed by atoms with Crippen LogP contribution in [-0.4, -0.2) is 51.2 Å². The Morgan fingerprint density at radius 2 is 1.55 bits per heavy atom. The van der Waals surface area contributed by atoms with Gasteiger partial charge in [-0.1, -0.05) is 39.3 Å². The summed E-state index contributed by atoms with van der Waals surface area (Å²) in [5.74, 6) is -0.551. The van der Waals surface area contributed by atoms with Gasteiger partial charge in [-0.2, -0.15) is 0 Å². The first-order valence-electron chi connectivity index (χ1n) is 16.8. The Morgan fingerprint density at radius 1 is 0.864 bits per heavy atom. The van der Waals surface area contributed by atoms with E-state index in [9.17, 15) is 30.0 Å². The first-order valence-corrected chi connectivity index (χ1v) is 16.8. The third-order valence-corrected chi connectivity index (χ3v) is 14.5. The summed E-state index contributed by atoms with van der Waals surface area (Å²) in [7, 11) is 0. The minimum absolute atomic E-state index is 0.00331. The largest absolute Gasteiger partial charge is 0.508 e. The second-order valence-corrected chi connectivity index (χ2v) is 16.5. The number of esters is 1. The second kappa shape index (κ2) is 10.6. The van der Waals surface area contributed by atoms with E-state index in [2.05, 4.69) is 33.8 Å². The zero-order valence-electron chi connectivity index (χ0n) is 27.1. The Kier molecular flexibility index (Phi) is 7.60. The standard InChI is InChI=1S/C37H52O7/c1-33-17-14-28-35(3,19-16-30(37(28,5)32(42)43)44-31(41)22-6-9-24(39)10-7-22)26(33)13-11-25-23(20-33)8-12-27-34(25,2)18-15-29(40)36(27,4)21-38/h6-10,25-30,38-40H,11-21H2,1-5H3,(H,42,43)/t25-,26+,27-,28-,29-,30+,33+,34-,35-,36-,37-/m1/s1. The van der Waals surface area contributed by atoms with E-state index in [1.54, 1.807) is 5.57 Å². The maximum absolute atomic E-state index is 13.2. The van der Waals surface area contributed by atoms with Crippen LogP contribution in [0, 0.1) is 50.7 Å². The van der Waals surface area contributed by atoms with E-state index >= 15 is 0 Å². The predicted octanol–water partition coefficient (Wildman–Crippen LogP) is 6.75. The fourth-order valence-electron chi connectivity index (χ4n) is 11.9. The minimum Gasteiger partial charge on any atom is -0.508 e. The van der Waals surface area contributed by atoms with Crippen LogP contribution < -0.4 is 0 Å². The molecule has 0 spiro atoms. The lowest BCUT2D eigenvalue weighted by Gasteiger charge is -2.63. The monoisotopic (exact) mass is 608 g/mol. The molecule has 4 N–H and O–H groups in total. The van der Waals surface area contributed by atoms with Gasteiger partial charge in [0.1, 0.15) is 17.3 Å². The highest BCUT2D eigenvalue weighted by Crippen LogP contribution is 2.70. The molecule has 6 rings (SSSR count). The van der Waals surface area contributed by atoms with Crippen LogP contribution >= 0.6 is 0 Å². The number of hydrogen-bond donors (Lipinski definition) is 4. The summed E-state index contributed by atoms with van der Waals surface area (Å²) < 4.78 is 6.01. The van der Waals surface area contributed by atoms with Gasteiger partial charge in [0.15, 0.2) is 0 Å². The molecule has 0 aromatic heterocycles. The number of carboxylic acids is 1. The maximum Gasteiger partial charge on any atom is 0.338 e. The molecule has 0 amide bonds. The van der Waals surface area contributed by atoms with Gasteiger partial charge in [0.05, 0.1) is 18.3 Å². The number of aromatic hydroxyl groups is 1. The molecule has 0 radical (unpaired) electrons. The lowest BCUT2D eigenvalue weighted by molar-refractivity contribution is -0.200. The Hall–Kier alpha value is -2.38. The van der Waals surface area contributed by atoms with Crippen molar-refractivity contribution < 1.29 is 34.8 Å². The average Bonchev–Trinajstić information content (AvgIpc) is 3.14. The maximum atomic E-state index is 13.2. The Morgan fingerprint density at radius 3 is 2.20 bits per heavy atom. The van der Waals surface area contributed by atoms with Gasteiger partial charge < -0.3 is 25.2 Å². The average molecular weight is 609 g/mol. The molecule has 0 heterocycles. The van der Waals surface area contributed by atoms with Crippen molar-refractivity contribution in [1.82, 2.24) is 0 Å². The van der Waals surface area contributed by atoms with Crippen LogP contribution in [0.4, 0.5) is 0 Å². The number of benzene rings is 1. The molecule has 0 unspecified atom stereocenters. The molecule has 5 aliphatic carbocycles. The second-order valence-electron chi connectivity index (χ2n) is 16.5. The molecule has 4 fully saturated rings. The number of carbonyl (C=O) groups excluding carboxylic acids is 1. The highest BCUT2D eigenvalue weighted by Gasteiger charge is 2.67. The molecule has 0 aliphatic heterocycles. The zero-order valence-corrected chi connectivity index (χ0v) is 27.1. The lowest BCUT2D eigenvalue weighted by atomic mass is 9.41. The van der Waals surface area contributed by atoms with Gasteiger partial charge in [-0.05, 0) is 135 Å². The number of aliphatic carboxylic acids is 1. The molecule has 4 saturated carbocycles. The number of hydrogen-bond acceptors (Lipinski definition) is 6. The van der Waals surface area contributed by atoms with Crippen molar-refractivity contribution in [1.29, 1.82) is 0 Å². The van der Waals surface area contributed by atoms with E-state index in [0.717, 1.165) is 57.8 Å². The molecular formula is C37H52O7. The van der Waals surface area contributed by atoms with Gasteiger partial charge in [-0.3, -0.25) is 4.79 Å². The molecule has 242 valence electrons. The van der Waals surface area contributed by atoms with Gasteiger partial charge in [0.25, 0.3) is 0 Å². The van der Waals surface area contributed by atoms with E-state index in [1.807, 2.05) is 6.92 Å². The first kappa shape index (κ1) is 31.6. The number of fused-ring (bicyclic) bond motifs is 6. The molecule has 0 bridgehead atoms. The van der Waals surface area contributed by atoms with Crippen molar-refractivity contribution in [2.45, 2.75) is 111 Å². The van der Waals surface area contributed by atoms with Crippen LogP contribution in [0.5, 0.6) is 5.75 Å². The van der Waals surface area contributed by atoms with Crippen LogP contribution in [0.15, 0.2) is 35.9 Å². The Balaban J connectivity index is 1.30. The molecule has 7 nitrogen and oxygen atoms in total. The van der Waals surface area contributed by atoms with E-state index < -0.39 is 35.0 Å². The molecule has 7 heteroatoms. The third-order valence-electron chi connectivity index (χ3n) is 14.5. The summed E-state index contributed by atoms with van der Waals surface area (Å²) in [5, 5.41) is 41.9. The molecule has 1 aromatic carbocycles. The van der Waals surface area contributed by atoms with Crippen LogP contribution in [0.1, 0.15) is 109 Å². The molecular weight excluding hydrogens is 556 g/mol. The van der Waals surface area contributed by atoms with E-state index in [1.165, 1.54) is 24.3 Å². The van der Waals surface area contributed by atoms with Crippen molar-refractivity contribution in [2.24, 2.45) is 50.7 Å². The molecule has 5 aliphatic rings. The predicted molar refractivity (Wildman–Crippen MR) is 167 cm³/mol. The molecule has 1 aromatic rings. The van der Waals surface area contributed by atoms with Crippen molar-refractivity contribution in [3.8, 4) is 5.75 Å². The van der Waals surface area contributed by atoms with Crippen molar-refractivity contribution >= 4 is 11.9 Å². The number of allylic oxidation sites excluding steroid dienone is 2. The van der Waals surface area contributed by atoms with E-state index in [0.29, 0.717) is 23.8 Å². The molecule has 44 heavy (non-hydrogen) atoms. The van der Waals surface area contributed by atoms with E-state index in [-0.39, 0.29) is 40.4 Å². The van der Waals surface area contributed by atoms with Crippen molar-refractivity contribution in [2.75, 3.05) is 6.61 Å². The smallest absolute Gasteiger partial charge is 0.338 e. The number of carbonyl (C=O) groups is 2. The normalized spacial score (nSPS) is 46.7. The summed E-state index contributed by atoms with van der Waals surface area (Å²) in [5.41, 5.74) is -0.00568. The number of phenols is 1. The highest BCUT2D eigenvalue weighted by molar-refractivity contribution is 5.90. The third kappa shape index (κ3) is 4.42. The van der Waals surface area contributed by atoms with Gasteiger partial charge in [0, 0.05) is 5.41 Å². The quantitative estimate of drug-likeness (QED) is 0.220. The topological polar surface area (TPSA) is 124 Å². The molecule has 11 atom stereocenters. The van der Waals surface area contributed by atoms with Crippen LogP contribution in [-0.2, 0) is 9.53 Å². The number of aliphatic hydroxyl groups excluding tert-OH is 2. The van der Waals surface area contributed by atoms with Gasteiger partial charge in [-0.25, -0.2) is 4.79 Å². The van der Waals surface area contributed by atoms with Crippen LogP contribution in [0.3, 0.4) is 0 Å². The minimum atomic E-state index is -1.21. The number of rotatable bonds is 4. The number of carboxylic acid groups (broad SMARTS) is 1. The van der Waals surface area contributed by atoms with Crippen molar-refractivity contribution in [3.63, 3.8) is 0 Å².